The molecule has 0 saturated heterocycles. The summed E-state index contributed by atoms with van der Waals surface area (Å²) in [5, 5.41) is 9.78. The second kappa shape index (κ2) is 50.3. The summed E-state index contributed by atoms with van der Waals surface area (Å²) in [6.07, 6.45) is 54.4. The lowest BCUT2D eigenvalue weighted by atomic mass is 10.0. The number of esters is 3. The first-order valence-corrected chi connectivity index (χ1v) is 28.3. The monoisotopic (exact) mass is 977 g/mol. The zero-order chi connectivity index (χ0) is 49.9. The smallest absolute Gasteiger partial charge is 0.462 e. The number of aliphatic hydroxyl groups excluding tert-OH is 1. The van der Waals surface area contributed by atoms with Crippen molar-refractivity contribution >= 4 is 25.7 Å². The lowest BCUT2D eigenvalue weighted by Crippen LogP contribution is -2.30. The van der Waals surface area contributed by atoms with E-state index in [-0.39, 0.29) is 25.9 Å². The molecule has 0 aliphatic carbocycles. The first-order valence-electron chi connectivity index (χ1n) is 26.8. The fourth-order valence-corrected chi connectivity index (χ4v) is 7.82. The molecule has 0 spiro atoms. The van der Waals surface area contributed by atoms with Gasteiger partial charge in [0, 0.05) is 19.3 Å². The van der Waals surface area contributed by atoms with Crippen molar-refractivity contribution in [2.24, 2.45) is 0 Å². The summed E-state index contributed by atoms with van der Waals surface area (Å²) in [4.78, 5) is 48.3. The fraction of sp³-hybridized carbons (Fsp3) is 0.732. The van der Waals surface area contributed by atoms with Crippen molar-refractivity contribution in [2.75, 3.05) is 26.4 Å². The van der Waals surface area contributed by atoms with E-state index in [4.69, 9.17) is 23.3 Å². The Balaban J connectivity index is 4.80. The van der Waals surface area contributed by atoms with E-state index in [1.54, 1.807) is 0 Å². The average molecular weight is 977 g/mol. The topological polar surface area (TPSA) is 155 Å². The summed E-state index contributed by atoms with van der Waals surface area (Å²) < 4.78 is 39.3. The van der Waals surface area contributed by atoms with Gasteiger partial charge in [0.2, 0.25) is 0 Å². The van der Waals surface area contributed by atoms with E-state index in [0.29, 0.717) is 19.3 Å². The van der Waals surface area contributed by atoms with E-state index in [1.165, 1.54) is 57.8 Å². The molecule has 0 fully saturated rings. The summed E-state index contributed by atoms with van der Waals surface area (Å²) >= 11 is 0. The van der Waals surface area contributed by atoms with Crippen LogP contribution in [-0.2, 0) is 42.2 Å². The highest BCUT2D eigenvalue weighted by Crippen LogP contribution is 2.43. The number of phosphoric ester groups is 1. The maximum Gasteiger partial charge on any atom is 0.472 e. The Bertz CT molecular complexity index is 1420. The van der Waals surface area contributed by atoms with Gasteiger partial charge in [-0.3, -0.25) is 23.4 Å². The molecular weight excluding hydrogens is 880 g/mol. The SMILES string of the molecule is CC/C=C\C/C=C\C/C=C\C/C=C\CCCCC(=O)OC(COC(=O)CCCCCCCCCCCCCCC)COP(=O)(O)OCC(CO)OC(=O)CCCCCCC/C=C\C/C=C\CCC. The molecule has 0 aromatic carbocycles. The van der Waals surface area contributed by atoms with Crippen LogP contribution >= 0.6 is 7.82 Å². The Hall–Kier alpha value is -3.08. The molecule has 0 rings (SSSR count). The minimum atomic E-state index is -4.76. The van der Waals surface area contributed by atoms with Crippen LogP contribution in [0.25, 0.3) is 0 Å². The third-order valence-corrected chi connectivity index (χ3v) is 12.0. The van der Waals surface area contributed by atoms with Crippen LogP contribution in [0.15, 0.2) is 72.9 Å². The first kappa shape index (κ1) is 64.9. The standard InChI is InChI=1S/C56H97O11P/c1-4-7-10-13-16-19-22-25-26-29-32-35-38-41-44-47-56(60)67-53(49-63-54(58)45-42-39-36-33-30-27-23-20-17-14-11-8-5-2)51-65-68(61,62)64-50-52(48-57)66-55(59)46-43-40-37-34-31-28-24-21-18-15-12-9-6-3/h7,10,12,15-16,19,21,24-26,32,35,52-53,57H,4-6,8-9,11,13-14,17-18,20,22-23,27-31,33-34,36-51H2,1-3H3,(H,61,62)/b10-7-,15-12-,19-16-,24-21-,26-25-,35-32-. The Labute approximate surface area is 414 Å². The van der Waals surface area contributed by atoms with Crippen molar-refractivity contribution in [3.63, 3.8) is 0 Å². The van der Waals surface area contributed by atoms with Crippen molar-refractivity contribution in [3.05, 3.63) is 72.9 Å². The summed E-state index contributed by atoms with van der Waals surface area (Å²) in [5.74, 6) is -1.53. The van der Waals surface area contributed by atoms with E-state index in [1.807, 2.05) is 0 Å². The van der Waals surface area contributed by atoms with Gasteiger partial charge in [0.05, 0.1) is 19.8 Å². The van der Waals surface area contributed by atoms with Crippen LogP contribution in [-0.4, -0.2) is 66.5 Å². The third-order valence-electron chi connectivity index (χ3n) is 11.1. The number of hydrogen-bond donors (Lipinski definition) is 2. The lowest BCUT2D eigenvalue weighted by molar-refractivity contribution is -0.161. The molecule has 0 bridgehead atoms. The second-order valence-corrected chi connectivity index (χ2v) is 19.1. The van der Waals surface area contributed by atoms with Gasteiger partial charge < -0.3 is 24.2 Å². The van der Waals surface area contributed by atoms with Crippen LogP contribution in [0.1, 0.15) is 226 Å². The average Bonchev–Trinajstić information content (AvgIpc) is 3.32. The van der Waals surface area contributed by atoms with Crippen molar-refractivity contribution in [1.82, 2.24) is 0 Å². The predicted molar refractivity (Wildman–Crippen MR) is 279 cm³/mol. The van der Waals surface area contributed by atoms with Gasteiger partial charge in [0.15, 0.2) is 6.10 Å². The molecule has 68 heavy (non-hydrogen) atoms. The zero-order valence-corrected chi connectivity index (χ0v) is 43.9. The quantitative estimate of drug-likeness (QED) is 0.0197. The van der Waals surface area contributed by atoms with Crippen LogP contribution < -0.4 is 0 Å². The summed E-state index contributed by atoms with van der Waals surface area (Å²) in [6.45, 7) is 4.39. The highest BCUT2D eigenvalue weighted by atomic mass is 31.2. The Morgan fingerprint density at radius 1 is 0.426 bits per heavy atom. The van der Waals surface area contributed by atoms with E-state index in [0.717, 1.165) is 109 Å². The minimum Gasteiger partial charge on any atom is -0.462 e. The van der Waals surface area contributed by atoms with Gasteiger partial charge in [-0.1, -0.05) is 196 Å². The van der Waals surface area contributed by atoms with E-state index in [2.05, 4.69) is 93.7 Å². The third kappa shape index (κ3) is 48.0. The molecule has 0 heterocycles. The molecule has 2 N–H and O–H groups in total. The Morgan fingerprint density at radius 2 is 0.794 bits per heavy atom. The maximum atomic E-state index is 12.9. The van der Waals surface area contributed by atoms with Crippen LogP contribution in [0.3, 0.4) is 0 Å². The van der Waals surface area contributed by atoms with Crippen LogP contribution in [0.4, 0.5) is 0 Å². The molecule has 3 unspecified atom stereocenters. The van der Waals surface area contributed by atoms with E-state index < -0.39 is 57.8 Å². The largest absolute Gasteiger partial charge is 0.472 e. The van der Waals surface area contributed by atoms with Gasteiger partial charge in [-0.25, -0.2) is 4.57 Å². The Morgan fingerprint density at radius 3 is 1.26 bits per heavy atom. The molecule has 0 radical (unpaired) electrons. The molecule has 11 nitrogen and oxygen atoms in total. The zero-order valence-electron chi connectivity index (χ0n) is 43.1. The molecule has 12 heteroatoms. The van der Waals surface area contributed by atoms with E-state index >= 15 is 0 Å². The number of aliphatic hydroxyl groups is 1. The number of ether oxygens (including phenoxy) is 3. The lowest BCUT2D eigenvalue weighted by Gasteiger charge is -2.21. The summed E-state index contributed by atoms with van der Waals surface area (Å²) in [6, 6.07) is 0. The van der Waals surface area contributed by atoms with Crippen LogP contribution in [0.2, 0.25) is 0 Å². The van der Waals surface area contributed by atoms with Gasteiger partial charge in [-0.2, -0.15) is 0 Å². The van der Waals surface area contributed by atoms with Gasteiger partial charge in [0.1, 0.15) is 12.7 Å². The molecule has 0 aliphatic rings. The molecule has 0 aromatic rings. The molecule has 0 amide bonds. The van der Waals surface area contributed by atoms with E-state index in [9.17, 15) is 28.9 Å². The summed E-state index contributed by atoms with van der Waals surface area (Å²) in [5.41, 5.74) is 0. The molecule has 3 atom stereocenters. The highest BCUT2D eigenvalue weighted by Gasteiger charge is 2.28. The molecular formula is C56H97O11P. The molecule has 0 aromatic heterocycles. The number of unbranched alkanes of at least 4 members (excludes halogenated alkanes) is 20. The van der Waals surface area contributed by atoms with Crippen molar-refractivity contribution in [2.45, 2.75) is 238 Å². The highest BCUT2D eigenvalue weighted by molar-refractivity contribution is 7.47. The number of carbonyl (C=O) groups is 3. The number of allylic oxidation sites excluding steroid dienone is 12. The number of carbonyl (C=O) groups excluding carboxylic acids is 3. The Kier molecular flexibility index (Phi) is 48.0. The van der Waals surface area contributed by atoms with Crippen molar-refractivity contribution in [3.8, 4) is 0 Å². The van der Waals surface area contributed by atoms with Gasteiger partial charge in [-0.15, -0.1) is 0 Å². The summed E-state index contributed by atoms with van der Waals surface area (Å²) in [7, 11) is -4.76. The molecule has 0 aliphatic heterocycles. The van der Waals surface area contributed by atoms with Gasteiger partial charge in [-0.05, 0) is 83.5 Å². The predicted octanol–water partition coefficient (Wildman–Crippen LogP) is 15.4. The number of rotatable bonds is 49. The number of hydrogen-bond acceptors (Lipinski definition) is 10. The molecule has 392 valence electrons. The maximum absolute atomic E-state index is 12.9. The van der Waals surface area contributed by atoms with Gasteiger partial charge in [0.25, 0.3) is 0 Å². The second-order valence-electron chi connectivity index (χ2n) is 17.7. The van der Waals surface area contributed by atoms with Gasteiger partial charge >= 0.3 is 25.7 Å². The normalized spacial score (nSPS) is 14.0. The first-order chi connectivity index (χ1) is 33.2. The molecule has 0 saturated carbocycles. The van der Waals surface area contributed by atoms with Crippen molar-refractivity contribution < 1.29 is 52.2 Å². The van der Waals surface area contributed by atoms with Crippen LogP contribution in [0.5, 0.6) is 0 Å². The van der Waals surface area contributed by atoms with Crippen molar-refractivity contribution in [1.29, 1.82) is 0 Å². The van der Waals surface area contributed by atoms with Crippen LogP contribution in [0, 0.1) is 0 Å². The minimum absolute atomic E-state index is 0.114. The number of phosphoric acid groups is 1. The fourth-order valence-electron chi connectivity index (χ4n) is 7.03.